The smallest absolute Gasteiger partial charge is 0.270 e. The summed E-state index contributed by atoms with van der Waals surface area (Å²) in [5, 5.41) is 9.85. The first-order chi connectivity index (χ1) is 17.3. The lowest BCUT2D eigenvalue weighted by Crippen LogP contribution is -2.40. The predicted molar refractivity (Wildman–Crippen MR) is 151 cm³/mol. The van der Waals surface area contributed by atoms with Crippen LogP contribution in [0.2, 0.25) is 0 Å². The summed E-state index contributed by atoms with van der Waals surface area (Å²) in [4.78, 5) is 30.5. The summed E-state index contributed by atoms with van der Waals surface area (Å²) in [6, 6.07) is 12.7. The topological polar surface area (TPSA) is 69.3 Å². The number of hydrogen-bond donors (Lipinski definition) is 0. The molecule has 1 aromatic heterocycles. The number of thioether (sulfide) groups is 1. The third-order valence-corrected chi connectivity index (χ3v) is 8.61. The van der Waals surface area contributed by atoms with Gasteiger partial charge in [0.15, 0.2) is 0 Å². The van der Waals surface area contributed by atoms with Crippen molar-refractivity contribution in [3.63, 3.8) is 0 Å². The number of pyridine rings is 1. The summed E-state index contributed by atoms with van der Waals surface area (Å²) in [5.74, 6) is 1.25. The molecule has 2 aromatic rings. The largest absolute Gasteiger partial charge is 0.357 e. The molecule has 1 amide bonds. The van der Waals surface area contributed by atoms with E-state index in [2.05, 4.69) is 42.2 Å². The first-order valence-electron chi connectivity index (χ1n) is 12.5. The summed E-state index contributed by atoms with van der Waals surface area (Å²) in [6.45, 7) is 6.09. The maximum absolute atomic E-state index is 13.4. The fourth-order valence-corrected chi connectivity index (χ4v) is 6.14. The number of thiocarbonyl (C=S) groups is 1. The molecule has 2 aliphatic rings. The molecule has 2 fully saturated rings. The average Bonchev–Trinajstić information content (AvgIpc) is 3.12. The fourth-order valence-electron chi connectivity index (χ4n) is 4.98. The third kappa shape index (κ3) is 5.28. The molecule has 8 heteroatoms. The van der Waals surface area contributed by atoms with Crippen LogP contribution in [0, 0.1) is 24.2 Å². The van der Waals surface area contributed by atoms with Crippen molar-refractivity contribution in [2.24, 2.45) is 5.92 Å². The van der Waals surface area contributed by atoms with E-state index in [1.54, 1.807) is 11.6 Å². The Morgan fingerprint density at radius 3 is 2.47 bits per heavy atom. The van der Waals surface area contributed by atoms with Gasteiger partial charge in [-0.15, -0.1) is 0 Å². The van der Waals surface area contributed by atoms with Crippen LogP contribution in [-0.2, 0) is 17.8 Å². The molecule has 188 valence electrons. The Kier molecular flexibility index (Phi) is 8.32. The van der Waals surface area contributed by atoms with Crippen molar-refractivity contribution in [1.82, 2.24) is 9.47 Å². The van der Waals surface area contributed by atoms with Gasteiger partial charge in [0.05, 0.1) is 4.91 Å². The second-order valence-electron chi connectivity index (χ2n) is 9.52. The Balaban J connectivity index is 1.75. The van der Waals surface area contributed by atoms with E-state index in [-0.39, 0.29) is 17.0 Å². The number of carbonyl (C=O) groups is 1. The molecule has 36 heavy (non-hydrogen) atoms. The first-order valence-corrected chi connectivity index (χ1v) is 13.8. The SMILES string of the molecule is CCCCn1c(N2CCC(Cc3ccccc3)CC2)c(/C=C2/SC(=S)N(C)C2=O)c(C)c(C#N)c1=O. The van der Waals surface area contributed by atoms with Crippen LogP contribution in [0.25, 0.3) is 6.08 Å². The van der Waals surface area contributed by atoms with E-state index in [9.17, 15) is 14.9 Å². The van der Waals surface area contributed by atoms with E-state index in [1.165, 1.54) is 22.2 Å². The van der Waals surface area contributed by atoms with Gasteiger partial charge in [0, 0.05) is 32.2 Å². The number of carbonyl (C=O) groups excluding carboxylic acids is 1. The van der Waals surface area contributed by atoms with Crippen molar-refractivity contribution in [1.29, 1.82) is 5.26 Å². The molecule has 0 N–H and O–H groups in total. The number of amides is 1. The number of unbranched alkanes of at least 4 members (excludes halogenated alkanes) is 1. The minimum absolute atomic E-state index is 0.145. The second kappa shape index (κ2) is 11.4. The van der Waals surface area contributed by atoms with Gasteiger partial charge in [-0.3, -0.25) is 19.1 Å². The summed E-state index contributed by atoms with van der Waals surface area (Å²) in [5.41, 5.74) is 2.65. The fraction of sp³-hybridized carbons (Fsp3) is 0.429. The second-order valence-corrected chi connectivity index (χ2v) is 11.2. The van der Waals surface area contributed by atoms with Crippen LogP contribution in [-0.4, -0.2) is 39.8 Å². The van der Waals surface area contributed by atoms with Crippen LogP contribution >= 0.6 is 24.0 Å². The highest BCUT2D eigenvalue weighted by molar-refractivity contribution is 8.26. The zero-order valence-electron chi connectivity index (χ0n) is 21.1. The van der Waals surface area contributed by atoms with Crippen LogP contribution in [0.4, 0.5) is 5.82 Å². The number of rotatable bonds is 7. The lowest BCUT2D eigenvalue weighted by Gasteiger charge is -2.36. The van der Waals surface area contributed by atoms with Crippen molar-refractivity contribution in [3.05, 3.63) is 67.8 Å². The summed E-state index contributed by atoms with van der Waals surface area (Å²) >= 11 is 6.60. The lowest BCUT2D eigenvalue weighted by atomic mass is 9.90. The number of piperidine rings is 1. The van der Waals surface area contributed by atoms with Gasteiger partial charge in [-0.2, -0.15) is 5.26 Å². The van der Waals surface area contributed by atoms with Crippen molar-refractivity contribution < 1.29 is 4.79 Å². The maximum Gasteiger partial charge on any atom is 0.270 e. The molecule has 6 nitrogen and oxygen atoms in total. The molecule has 4 rings (SSSR count). The van der Waals surface area contributed by atoms with E-state index in [1.807, 2.05) is 19.1 Å². The molecule has 0 radical (unpaired) electrons. The Morgan fingerprint density at radius 2 is 1.89 bits per heavy atom. The number of hydrogen-bond acceptors (Lipinski definition) is 6. The van der Waals surface area contributed by atoms with Gasteiger partial charge in [-0.1, -0.05) is 67.7 Å². The molecule has 0 bridgehead atoms. The van der Waals surface area contributed by atoms with Crippen LogP contribution in [0.5, 0.6) is 0 Å². The number of nitriles is 1. The minimum Gasteiger partial charge on any atom is -0.357 e. The number of benzene rings is 1. The summed E-state index contributed by atoms with van der Waals surface area (Å²) < 4.78 is 2.28. The zero-order chi connectivity index (χ0) is 25.8. The van der Waals surface area contributed by atoms with Crippen LogP contribution in [0.1, 0.15) is 54.9 Å². The highest BCUT2D eigenvalue weighted by atomic mass is 32.2. The quantitative estimate of drug-likeness (QED) is 0.373. The molecule has 0 aliphatic carbocycles. The monoisotopic (exact) mass is 520 g/mol. The molecule has 0 atom stereocenters. The third-order valence-electron chi connectivity index (χ3n) is 7.12. The summed E-state index contributed by atoms with van der Waals surface area (Å²) in [6.07, 6.45) is 6.70. The van der Waals surface area contributed by atoms with Crippen LogP contribution in [0.3, 0.4) is 0 Å². The maximum atomic E-state index is 13.4. The Bertz CT molecular complexity index is 1290. The van der Waals surface area contributed by atoms with Crippen molar-refractivity contribution in [2.45, 2.75) is 52.5 Å². The van der Waals surface area contributed by atoms with Crippen molar-refractivity contribution >= 4 is 46.1 Å². The van der Waals surface area contributed by atoms with Crippen molar-refractivity contribution in [2.75, 3.05) is 25.0 Å². The van der Waals surface area contributed by atoms with Crippen molar-refractivity contribution in [3.8, 4) is 6.07 Å². The van der Waals surface area contributed by atoms with Crippen LogP contribution < -0.4 is 10.5 Å². The predicted octanol–water partition coefficient (Wildman–Crippen LogP) is 5.12. The molecule has 3 heterocycles. The Hall–Kier alpha value is -2.89. The normalized spacial score (nSPS) is 17.8. The molecule has 2 aliphatic heterocycles. The highest BCUT2D eigenvalue weighted by Crippen LogP contribution is 2.36. The van der Waals surface area contributed by atoms with Gasteiger partial charge in [-0.25, -0.2) is 0 Å². The van der Waals surface area contributed by atoms with E-state index < -0.39 is 0 Å². The minimum atomic E-state index is -0.245. The Labute approximate surface area is 222 Å². The average molecular weight is 521 g/mol. The number of anilines is 1. The van der Waals surface area contributed by atoms with E-state index in [4.69, 9.17) is 12.2 Å². The molecule has 1 aromatic carbocycles. The van der Waals surface area contributed by atoms with Gasteiger partial charge in [0.1, 0.15) is 21.8 Å². The molecular formula is C28H32N4O2S2. The number of aromatic nitrogens is 1. The lowest BCUT2D eigenvalue weighted by molar-refractivity contribution is -0.121. The number of nitrogens with zero attached hydrogens (tertiary/aromatic N) is 4. The van der Waals surface area contributed by atoms with Gasteiger partial charge < -0.3 is 4.90 Å². The van der Waals surface area contributed by atoms with E-state index in [0.29, 0.717) is 27.3 Å². The molecule has 0 spiro atoms. The van der Waals surface area contributed by atoms with E-state index in [0.717, 1.165) is 56.6 Å². The Morgan fingerprint density at radius 1 is 1.19 bits per heavy atom. The summed E-state index contributed by atoms with van der Waals surface area (Å²) in [7, 11) is 1.67. The van der Waals surface area contributed by atoms with Gasteiger partial charge in [0.2, 0.25) is 0 Å². The zero-order valence-corrected chi connectivity index (χ0v) is 22.8. The molecule has 0 unspecified atom stereocenters. The van der Waals surface area contributed by atoms with Gasteiger partial charge in [0.25, 0.3) is 11.5 Å². The number of likely N-dealkylation sites (N-methyl/N-ethyl adjacent to an activating group) is 1. The molecule has 2 saturated heterocycles. The van der Waals surface area contributed by atoms with Gasteiger partial charge >= 0.3 is 0 Å². The molecular weight excluding hydrogens is 488 g/mol. The van der Waals surface area contributed by atoms with E-state index >= 15 is 0 Å². The standard InChI is InChI=1S/C28H32N4O2S2/c1-4-5-13-32-25(31-14-11-21(12-15-31)16-20-9-7-6-8-10-20)22(19(2)23(18-29)26(32)33)17-24-27(34)30(3)28(35)36-24/h6-10,17,21H,4-5,11-16H2,1-3H3/b24-17+. The molecule has 0 saturated carbocycles. The first kappa shape index (κ1) is 26.2. The van der Waals surface area contributed by atoms with Crippen LogP contribution in [0.15, 0.2) is 40.0 Å². The van der Waals surface area contributed by atoms with Gasteiger partial charge in [-0.05, 0) is 55.7 Å². The highest BCUT2D eigenvalue weighted by Gasteiger charge is 2.31.